The molecule has 2 N–H and O–H groups in total. The van der Waals surface area contributed by atoms with Gasteiger partial charge in [0.25, 0.3) is 5.91 Å². The van der Waals surface area contributed by atoms with Gasteiger partial charge in [-0.3, -0.25) is 4.79 Å². The molecule has 1 saturated heterocycles. The molecule has 2 heterocycles. The van der Waals surface area contributed by atoms with Crippen molar-refractivity contribution in [1.29, 1.82) is 0 Å². The largest absolute Gasteiger partial charge is 0.503 e. The number of esters is 1. The Labute approximate surface area is 211 Å². The van der Waals surface area contributed by atoms with Gasteiger partial charge in [0.1, 0.15) is 30.1 Å². The average molecular weight is 499 g/mol. The zero-order valence-electron chi connectivity index (χ0n) is 20.7. The van der Waals surface area contributed by atoms with Crippen molar-refractivity contribution in [2.75, 3.05) is 7.11 Å². The molecular weight excluding hydrogens is 464 g/mol. The van der Waals surface area contributed by atoms with Gasteiger partial charge in [-0.15, -0.1) is 0 Å². The molecule has 0 bridgehead atoms. The first kappa shape index (κ1) is 25.8. The molecule has 1 aromatic carbocycles. The molecule has 9 nitrogen and oxygen atoms in total. The van der Waals surface area contributed by atoms with Gasteiger partial charge in [0.05, 0.1) is 13.2 Å². The first-order valence-corrected chi connectivity index (χ1v) is 12.6. The van der Waals surface area contributed by atoms with Gasteiger partial charge in [0, 0.05) is 12.3 Å². The highest BCUT2D eigenvalue weighted by molar-refractivity contribution is 5.97. The van der Waals surface area contributed by atoms with E-state index in [9.17, 15) is 14.7 Å². The Hall–Kier alpha value is -3.33. The Morgan fingerprint density at radius 2 is 1.83 bits per heavy atom. The fourth-order valence-corrected chi connectivity index (χ4v) is 4.81. The number of hydrogen-bond acceptors (Lipinski definition) is 8. The summed E-state index contributed by atoms with van der Waals surface area (Å²) in [5, 5.41) is 13.0. The zero-order chi connectivity index (χ0) is 25.5. The molecule has 9 heteroatoms. The van der Waals surface area contributed by atoms with Crippen LogP contribution in [0.1, 0.15) is 62.4 Å². The third-order valence-electron chi connectivity index (χ3n) is 6.71. The molecule has 194 valence electrons. The van der Waals surface area contributed by atoms with Gasteiger partial charge in [-0.1, -0.05) is 31.0 Å². The highest BCUT2D eigenvalue weighted by atomic mass is 16.6. The molecule has 0 spiro atoms. The van der Waals surface area contributed by atoms with Crippen LogP contribution in [0.25, 0.3) is 0 Å². The lowest BCUT2D eigenvalue weighted by Crippen LogP contribution is -2.47. The Morgan fingerprint density at radius 3 is 2.56 bits per heavy atom. The SMILES string of the molecule is COc1ccnc(C(=O)NC2CCCC(Oc3ccccc3)C(OC3CCCC3)C(C)OC2=O)c1O. The number of amides is 1. The summed E-state index contributed by atoms with van der Waals surface area (Å²) in [6.45, 7) is 1.80. The number of nitrogens with one attached hydrogen (secondary N) is 1. The van der Waals surface area contributed by atoms with E-state index in [1.807, 2.05) is 30.3 Å². The molecule has 0 radical (unpaired) electrons. The van der Waals surface area contributed by atoms with Crippen molar-refractivity contribution >= 4 is 11.9 Å². The highest BCUT2D eigenvalue weighted by Gasteiger charge is 2.38. The number of aromatic hydroxyl groups is 1. The fraction of sp³-hybridized carbons (Fsp3) is 0.519. The van der Waals surface area contributed by atoms with Crippen LogP contribution in [-0.2, 0) is 14.3 Å². The number of nitrogens with zero attached hydrogens (tertiary/aromatic N) is 1. The summed E-state index contributed by atoms with van der Waals surface area (Å²) in [6.07, 6.45) is 5.84. The van der Waals surface area contributed by atoms with E-state index in [1.54, 1.807) is 6.92 Å². The van der Waals surface area contributed by atoms with E-state index in [0.29, 0.717) is 19.3 Å². The smallest absolute Gasteiger partial charge is 0.329 e. The third kappa shape index (κ3) is 6.26. The topological polar surface area (TPSA) is 116 Å². The van der Waals surface area contributed by atoms with Crippen LogP contribution in [0, 0.1) is 0 Å². The fourth-order valence-electron chi connectivity index (χ4n) is 4.81. The lowest BCUT2D eigenvalue weighted by Gasteiger charge is -2.33. The average Bonchev–Trinajstić information content (AvgIpc) is 3.40. The molecule has 1 aromatic heterocycles. The minimum atomic E-state index is -0.907. The van der Waals surface area contributed by atoms with Gasteiger partial charge >= 0.3 is 5.97 Å². The molecule has 4 unspecified atom stereocenters. The Kier molecular flexibility index (Phi) is 8.64. The Morgan fingerprint density at radius 1 is 1.08 bits per heavy atom. The maximum atomic E-state index is 13.1. The molecule has 4 atom stereocenters. The lowest BCUT2D eigenvalue weighted by atomic mass is 10.0. The van der Waals surface area contributed by atoms with Crippen LogP contribution in [0.3, 0.4) is 0 Å². The third-order valence-corrected chi connectivity index (χ3v) is 6.71. The molecule has 36 heavy (non-hydrogen) atoms. The van der Waals surface area contributed by atoms with E-state index in [0.717, 1.165) is 31.4 Å². The minimum absolute atomic E-state index is 0.108. The summed E-state index contributed by atoms with van der Waals surface area (Å²) >= 11 is 0. The number of hydrogen-bond donors (Lipinski definition) is 2. The van der Waals surface area contributed by atoms with Crippen LogP contribution in [0.4, 0.5) is 0 Å². The molecule has 2 aliphatic rings. The van der Waals surface area contributed by atoms with Crippen LogP contribution in [0.2, 0.25) is 0 Å². The summed E-state index contributed by atoms with van der Waals surface area (Å²) in [7, 11) is 1.38. The van der Waals surface area contributed by atoms with Crippen LogP contribution >= 0.6 is 0 Å². The molecule has 2 aromatic rings. The highest BCUT2D eigenvalue weighted by Crippen LogP contribution is 2.30. The van der Waals surface area contributed by atoms with E-state index in [-0.39, 0.29) is 29.4 Å². The predicted octanol–water partition coefficient (Wildman–Crippen LogP) is 3.79. The summed E-state index contributed by atoms with van der Waals surface area (Å²) in [5.74, 6) is -0.781. The minimum Gasteiger partial charge on any atom is -0.503 e. The number of methoxy groups -OCH3 is 1. The second kappa shape index (κ2) is 12.1. The molecule has 1 amide bonds. The van der Waals surface area contributed by atoms with Crippen molar-refractivity contribution in [2.24, 2.45) is 0 Å². The predicted molar refractivity (Wildman–Crippen MR) is 131 cm³/mol. The van der Waals surface area contributed by atoms with Gasteiger partial charge in [0.2, 0.25) is 0 Å². The standard InChI is InChI=1S/C27H34N2O7/c1-17-25(36-19-11-6-7-12-19)22(35-18-9-4-3-5-10-18)14-8-13-20(27(32)34-17)29-26(31)23-24(30)21(33-2)15-16-28-23/h3-5,9-10,15-17,19-20,22,25,30H,6-8,11-14H2,1-2H3,(H,29,31). The second-order valence-electron chi connectivity index (χ2n) is 9.29. The van der Waals surface area contributed by atoms with Gasteiger partial charge < -0.3 is 29.4 Å². The van der Waals surface area contributed by atoms with Crippen molar-refractivity contribution in [1.82, 2.24) is 10.3 Å². The van der Waals surface area contributed by atoms with Crippen LogP contribution in [0.15, 0.2) is 42.6 Å². The van der Waals surface area contributed by atoms with Crippen molar-refractivity contribution < 1.29 is 33.6 Å². The molecular formula is C27H34N2O7. The number of carbonyl (C=O) groups is 2. The molecule has 1 aliphatic heterocycles. The van der Waals surface area contributed by atoms with E-state index >= 15 is 0 Å². The summed E-state index contributed by atoms with van der Waals surface area (Å²) in [4.78, 5) is 29.9. The number of benzene rings is 1. The summed E-state index contributed by atoms with van der Waals surface area (Å²) in [5.41, 5.74) is -0.220. The number of ether oxygens (including phenoxy) is 4. The number of aromatic nitrogens is 1. The van der Waals surface area contributed by atoms with Crippen molar-refractivity contribution in [3.05, 3.63) is 48.3 Å². The van der Waals surface area contributed by atoms with Gasteiger partial charge in [-0.25, -0.2) is 9.78 Å². The molecule has 2 fully saturated rings. The van der Waals surface area contributed by atoms with Crippen molar-refractivity contribution in [3.63, 3.8) is 0 Å². The van der Waals surface area contributed by atoms with Gasteiger partial charge in [-0.05, 0) is 51.2 Å². The van der Waals surface area contributed by atoms with E-state index in [2.05, 4.69) is 10.3 Å². The van der Waals surface area contributed by atoms with Crippen LogP contribution < -0.4 is 14.8 Å². The first-order valence-electron chi connectivity index (χ1n) is 12.6. The van der Waals surface area contributed by atoms with Crippen LogP contribution in [-0.4, -0.2) is 59.5 Å². The number of para-hydroxylation sites is 1. The van der Waals surface area contributed by atoms with E-state index in [4.69, 9.17) is 18.9 Å². The number of rotatable bonds is 7. The van der Waals surface area contributed by atoms with Crippen molar-refractivity contribution in [2.45, 2.75) is 82.3 Å². The second-order valence-corrected chi connectivity index (χ2v) is 9.29. The number of cyclic esters (lactones) is 1. The zero-order valence-corrected chi connectivity index (χ0v) is 20.7. The first-order chi connectivity index (χ1) is 17.5. The van der Waals surface area contributed by atoms with E-state index < -0.39 is 30.1 Å². The number of carbonyl (C=O) groups excluding carboxylic acids is 2. The quantitative estimate of drug-likeness (QED) is 0.554. The molecule has 4 rings (SSSR count). The Bertz CT molecular complexity index is 1030. The van der Waals surface area contributed by atoms with E-state index in [1.165, 1.54) is 19.4 Å². The summed E-state index contributed by atoms with van der Waals surface area (Å²) in [6, 6.07) is 10.1. The molecule has 1 saturated carbocycles. The van der Waals surface area contributed by atoms with Crippen molar-refractivity contribution in [3.8, 4) is 17.2 Å². The summed E-state index contributed by atoms with van der Waals surface area (Å²) < 4.78 is 23.7. The lowest BCUT2D eigenvalue weighted by molar-refractivity contribution is -0.168. The van der Waals surface area contributed by atoms with Gasteiger partial charge in [0.15, 0.2) is 17.2 Å². The monoisotopic (exact) mass is 498 g/mol. The number of pyridine rings is 1. The maximum Gasteiger partial charge on any atom is 0.329 e. The van der Waals surface area contributed by atoms with Gasteiger partial charge in [-0.2, -0.15) is 0 Å². The van der Waals surface area contributed by atoms with Crippen LogP contribution in [0.5, 0.6) is 17.2 Å². The Balaban J connectivity index is 1.51. The normalized spacial score (nSPS) is 25.2. The maximum absolute atomic E-state index is 13.1. The molecule has 1 aliphatic carbocycles.